The number of hydrogen-bond acceptors (Lipinski definition) is 3. The third kappa shape index (κ3) is 3.03. The summed E-state index contributed by atoms with van der Waals surface area (Å²) in [6.45, 7) is 1.73. The van der Waals surface area contributed by atoms with Crippen molar-refractivity contribution in [2.45, 2.75) is 24.8 Å². The quantitative estimate of drug-likeness (QED) is 0.757. The van der Waals surface area contributed by atoms with E-state index in [4.69, 9.17) is 0 Å². The molecule has 1 aliphatic rings. The van der Waals surface area contributed by atoms with Gasteiger partial charge >= 0.3 is 0 Å². The molecule has 4 nitrogen and oxygen atoms in total. The molecule has 24 heavy (non-hydrogen) atoms. The van der Waals surface area contributed by atoms with Crippen LogP contribution in [-0.4, -0.2) is 25.1 Å². The SMILES string of the molecule is Cc1ccc(S(=O)(=O)N2CCC(=O)c3ccc(Br)c(F)c3C2)cc1. The van der Waals surface area contributed by atoms with Gasteiger partial charge in [0.1, 0.15) is 5.82 Å². The predicted molar refractivity (Wildman–Crippen MR) is 91.8 cm³/mol. The fraction of sp³-hybridized carbons (Fsp3) is 0.235. The molecular weight excluding hydrogens is 397 g/mol. The van der Waals surface area contributed by atoms with Gasteiger partial charge in [-0.1, -0.05) is 17.7 Å². The molecular formula is C17H15BrFNO3S. The maximum absolute atomic E-state index is 14.4. The van der Waals surface area contributed by atoms with Crippen molar-refractivity contribution in [2.75, 3.05) is 6.54 Å². The van der Waals surface area contributed by atoms with Crippen LogP contribution < -0.4 is 0 Å². The van der Waals surface area contributed by atoms with Crippen LogP contribution in [0, 0.1) is 12.7 Å². The number of Topliss-reactive ketones (excluding diaryl/α,β-unsaturated/α-hetero) is 1. The van der Waals surface area contributed by atoms with Crippen molar-refractivity contribution in [2.24, 2.45) is 0 Å². The average Bonchev–Trinajstić information content (AvgIpc) is 2.72. The van der Waals surface area contributed by atoms with Crippen LogP contribution in [-0.2, 0) is 16.6 Å². The molecule has 0 saturated heterocycles. The van der Waals surface area contributed by atoms with Crippen LogP contribution in [0.5, 0.6) is 0 Å². The number of rotatable bonds is 2. The van der Waals surface area contributed by atoms with E-state index in [1.54, 1.807) is 12.1 Å². The summed E-state index contributed by atoms with van der Waals surface area (Å²) in [7, 11) is -3.80. The predicted octanol–water partition coefficient (Wildman–Crippen LogP) is 3.67. The Bertz CT molecular complexity index is 910. The smallest absolute Gasteiger partial charge is 0.243 e. The largest absolute Gasteiger partial charge is 0.294 e. The van der Waals surface area contributed by atoms with Gasteiger partial charge in [-0.3, -0.25) is 4.79 Å². The second-order valence-electron chi connectivity index (χ2n) is 5.71. The molecule has 0 aliphatic carbocycles. The first-order valence-electron chi connectivity index (χ1n) is 7.37. The van der Waals surface area contributed by atoms with Crippen molar-refractivity contribution in [1.29, 1.82) is 0 Å². The number of hydrogen-bond donors (Lipinski definition) is 0. The van der Waals surface area contributed by atoms with Gasteiger partial charge in [0.05, 0.1) is 9.37 Å². The lowest BCUT2D eigenvalue weighted by atomic mass is 10.0. The molecule has 0 atom stereocenters. The minimum Gasteiger partial charge on any atom is -0.294 e. The van der Waals surface area contributed by atoms with Crippen LogP contribution in [0.15, 0.2) is 45.8 Å². The summed E-state index contributed by atoms with van der Waals surface area (Å²) in [4.78, 5) is 12.4. The van der Waals surface area contributed by atoms with Crippen LogP contribution in [0.1, 0.15) is 27.9 Å². The molecule has 0 bridgehead atoms. The molecule has 126 valence electrons. The molecule has 1 aliphatic heterocycles. The van der Waals surface area contributed by atoms with E-state index in [-0.39, 0.29) is 45.8 Å². The Morgan fingerprint density at radius 2 is 1.79 bits per heavy atom. The van der Waals surface area contributed by atoms with E-state index in [9.17, 15) is 17.6 Å². The molecule has 0 N–H and O–H groups in total. The number of benzene rings is 2. The number of ketones is 1. The molecule has 0 unspecified atom stereocenters. The lowest BCUT2D eigenvalue weighted by molar-refractivity contribution is 0.0981. The molecule has 0 aromatic heterocycles. The topological polar surface area (TPSA) is 54.5 Å². The summed E-state index contributed by atoms with van der Waals surface area (Å²) in [5, 5.41) is 0. The van der Waals surface area contributed by atoms with Gasteiger partial charge < -0.3 is 0 Å². The summed E-state index contributed by atoms with van der Waals surface area (Å²) in [6, 6.07) is 9.47. The number of carbonyl (C=O) groups is 1. The fourth-order valence-electron chi connectivity index (χ4n) is 2.69. The van der Waals surface area contributed by atoms with Gasteiger partial charge in [0.25, 0.3) is 0 Å². The van der Waals surface area contributed by atoms with Gasteiger partial charge in [0, 0.05) is 30.6 Å². The molecule has 0 saturated carbocycles. The first kappa shape index (κ1) is 17.3. The molecule has 0 amide bonds. The van der Waals surface area contributed by atoms with Gasteiger partial charge in [-0.25, -0.2) is 12.8 Å². The Labute approximate surface area is 148 Å². The van der Waals surface area contributed by atoms with Gasteiger partial charge in [-0.15, -0.1) is 0 Å². The Hall–Kier alpha value is -1.57. The maximum atomic E-state index is 14.4. The van der Waals surface area contributed by atoms with E-state index in [1.165, 1.54) is 24.3 Å². The summed E-state index contributed by atoms with van der Waals surface area (Å²) in [5.41, 5.74) is 1.31. The van der Waals surface area contributed by atoms with Crippen molar-refractivity contribution in [1.82, 2.24) is 4.31 Å². The van der Waals surface area contributed by atoms with Gasteiger partial charge in [-0.05, 0) is 47.1 Å². The summed E-state index contributed by atoms with van der Waals surface area (Å²) in [5.74, 6) is -0.843. The molecule has 0 radical (unpaired) electrons. The zero-order valence-corrected chi connectivity index (χ0v) is 15.3. The van der Waals surface area contributed by atoms with Crippen molar-refractivity contribution >= 4 is 31.7 Å². The third-order valence-corrected chi connectivity index (χ3v) is 6.55. The van der Waals surface area contributed by atoms with Gasteiger partial charge in [0.15, 0.2) is 5.78 Å². The van der Waals surface area contributed by atoms with Gasteiger partial charge in [-0.2, -0.15) is 4.31 Å². The van der Waals surface area contributed by atoms with Crippen molar-refractivity contribution in [3.8, 4) is 0 Å². The number of aryl methyl sites for hydroxylation is 1. The lowest BCUT2D eigenvalue weighted by Gasteiger charge is -2.20. The van der Waals surface area contributed by atoms with E-state index in [2.05, 4.69) is 15.9 Å². The van der Waals surface area contributed by atoms with Crippen molar-refractivity contribution in [3.05, 3.63) is 63.4 Å². The second kappa shape index (κ2) is 6.38. The number of carbonyl (C=O) groups excluding carboxylic acids is 1. The molecule has 0 spiro atoms. The number of sulfonamides is 1. The molecule has 1 heterocycles. The Morgan fingerprint density at radius 3 is 2.46 bits per heavy atom. The van der Waals surface area contributed by atoms with E-state index >= 15 is 0 Å². The first-order valence-corrected chi connectivity index (χ1v) is 9.61. The number of fused-ring (bicyclic) bond motifs is 1. The minimum atomic E-state index is -3.80. The highest BCUT2D eigenvalue weighted by Gasteiger charge is 2.31. The van der Waals surface area contributed by atoms with Crippen LogP contribution in [0.3, 0.4) is 0 Å². The van der Waals surface area contributed by atoms with Crippen LogP contribution in [0.4, 0.5) is 4.39 Å². The Morgan fingerprint density at radius 1 is 1.12 bits per heavy atom. The highest BCUT2D eigenvalue weighted by atomic mass is 79.9. The van der Waals surface area contributed by atoms with Crippen molar-refractivity contribution in [3.63, 3.8) is 0 Å². The highest BCUT2D eigenvalue weighted by Crippen LogP contribution is 2.29. The maximum Gasteiger partial charge on any atom is 0.243 e. The normalized spacial score (nSPS) is 15.9. The molecule has 0 fully saturated rings. The van der Waals surface area contributed by atoms with Crippen molar-refractivity contribution < 1.29 is 17.6 Å². The lowest BCUT2D eigenvalue weighted by Crippen LogP contribution is -2.31. The molecule has 2 aromatic carbocycles. The highest BCUT2D eigenvalue weighted by molar-refractivity contribution is 9.10. The number of nitrogens with zero attached hydrogens (tertiary/aromatic N) is 1. The first-order chi connectivity index (χ1) is 11.3. The fourth-order valence-corrected chi connectivity index (χ4v) is 4.47. The van der Waals surface area contributed by atoms with Crippen LogP contribution in [0.2, 0.25) is 0 Å². The standard InChI is InChI=1S/C17H15BrFNO3S/c1-11-2-4-12(5-3-11)24(22,23)20-9-8-16(21)13-6-7-15(18)17(19)14(13)10-20/h2-7H,8-10H2,1H3. The Kier molecular flexibility index (Phi) is 4.59. The monoisotopic (exact) mass is 411 g/mol. The third-order valence-electron chi connectivity index (χ3n) is 4.08. The number of halogens is 2. The Balaban J connectivity index is 2.05. The van der Waals surface area contributed by atoms with Crippen LogP contribution in [0.25, 0.3) is 0 Å². The molecule has 2 aromatic rings. The average molecular weight is 412 g/mol. The van der Waals surface area contributed by atoms with E-state index < -0.39 is 15.8 Å². The summed E-state index contributed by atoms with van der Waals surface area (Å²) >= 11 is 3.09. The zero-order valence-electron chi connectivity index (χ0n) is 12.9. The zero-order chi connectivity index (χ0) is 17.5. The minimum absolute atomic E-state index is 0.0269. The summed E-state index contributed by atoms with van der Waals surface area (Å²) in [6.07, 6.45) is 0.0269. The molecule has 7 heteroatoms. The molecule has 3 rings (SSSR count). The van der Waals surface area contributed by atoms with E-state index in [0.717, 1.165) is 9.87 Å². The van der Waals surface area contributed by atoms with Crippen LogP contribution >= 0.6 is 15.9 Å². The van der Waals surface area contributed by atoms with E-state index in [1.807, 2.05) is 6.92 Å². The summed E-state index contributed by atoms with van der Waals surface area (Å²) < 4.78 is 41.5. The second-order valence-corrected chi connectivity index (χ2v) is 8.50. The van der Waals surface area contributed by atoms with E-state index in [0.29, 0.717) is 0 Å². The van der Waals surface area contributed by atoms with Gasteiger partial charge in [0.2, 0.25) is 10.0 Å².